The highest BCUT2D eigenvalue weighted by molar-refractivity contribution is 7.18. The number of piperazine rings is 1. The second-order valence-electron chi connectivity index (χ2n) is 8.04. The fourth-order valence-electron chi connectivity index (χ4n) is 4.16. The van der Waals surface area contributed by atoms with Gasteiger partial charge in [-0.1, -0.05) is 23.7 Å². The van der Waals surface area contributed by atoms with E-state index in [0.717, 1.165) is 22.1 Å². The van der Waals surface area contributed by atoms with Gasteiger partial charge in [0.05, 0.1) is 26.0 Å². The van der Waals surface area contributed by atoms with Gasteiger partial charge >= 0.3 is 0 Å². The van der Waals surface area contributed by atoms with E-state index in [1.165, 1.54) is 6.07 Å². The maximum absolute atomic E-state index is 13.2. The number of aromatic nitrogens is 1. The molecular formula is C24H20ClN5O4S. The van der Waals surface area contributed by atoms with Gasteiger partial charge in [0.15, 0.2) is 0 Å². The van der Waals surface area contributed by atoms with Gasteiger partial charge in [-0.3, -0.25) is 24.1 Å². The number of fused-ring (bicyclic) bond motifs is 1. The van der Waals surface area contributed by atoms with Gasteiger partial charge in [0, 0.05) is 32.4 Å². The second-order valence-corrected chi connectivity index (χ2v) is 9.75. The summed E-state index contributed by atoms with van der Waals surface area (Å²) < 4.78 is 0.463. The van der Waals surface area contributed by atoms with Gasteiger partial charge < -0.3 is 15.1 Å². The number of thiophene rings is 1. The predicted octanol–water partition coefficient (Wildman–Crippen LogP) is 2.99. The van der Waals surface area contributed by atoms with Crippen molar-refractivity contribution >= 4 is 58.1 Å². The third-order valence-electron chi connectivity index (χ3n) is 5.94. The van der Waals surface area contributed by atoms with Gasteiger partial charge in [-0.2, -0.15) is 0 Å². The van der Waals surface area contributed by atoms with Crippen molar-refractivity contribution in [2.45, 2.75) is 0 Å². The number of nitrogens with zero attached hydrogens (tertiary/aromatic N) is 4. The molecule has 3 aromatic rings. The molecule has 5 rings (SSSR count). The first-order chi connectivity index (χ1) is 16.9. The number of nitrogens with one attached hydrogen (secondary N) is 1. The second kappa shape index (κ2) is 9.47. The molecule has 2 aromatic heterocycles. The van der Waals surface area contributed by atoms with Gasteiger partial charge in [0.25, 0.3) is 17.7 Å². The monoisotopic (exact) mass is 509 g/mol. The van der Waals surface area contributed by atoms with Gasteiger partial charge in [-0.25, -0.2) is 4.98 Å². The van der Waals surface area contributed by atoms with Crippen molar-refractivity contribution in [2.24, 2.45) is 0 Å². The number of hydrogen-bond donors (Lipinski definition) is 1. The highest BCUT2D eigenvalue weighted by atomic mass is 35.5. The molecule has 1 aromatic carbocycles. The van der Waals surface area contributed by atoms with E-state index in [4.69, 9.17) is 11.6 Å². The first kappa shape index (κ1) is 23.0. The van der Waals surface area contributed by atoms with Gasteiger partial charge in [0.2, 0.25) is 5.91 Å². The molecule has 9 nitrogen and oxygen atoms in total. The normalized spacial score (nSPS) is 15.4. The number of hydrogen-bond acceptors (Lipinski definition) is 7. The highest BCUT2D eigenvalue weighted by Gasteiger charge is 2.39. The summed E-state index contributed by atoms with van der Waals surface area (Å²) in [6, 6.07) is 13.5. The molecule has 35 heavy (non-hydrogen) atoms. The predicted molar refractivity (Wildman–Crippen MR) is 132 cm³/mol. The van der Waals surface area contributed by atoms with Crippen LogP contribution in [0.15, 0.2) is 54.7 Å². The Kier molecular flexibility index (Phi) is 6.23. The maximum Gasteiger partial charge on any atom is 0.265 e. The van der Waals surface area contributed by atoms with Crippen LogP contribution < -0.4 is 10.2 Å². The number of benzene rings is 1. The molecule has 0 atom stereocenters. The Morgan fingerprint density at radius 2 is 1.77 bits per heavy atom. The molecule has 1 saturated heterocycles. The van der Waals surface area contributed by atoms with Crippen molar-refractivity contribution in [3.05, 3.63) is 75.1 Å². The van der Waals surface area contributed by atoms with E-state index >= 15 is 0 Å². The summed E-state index contributed by atoms with van der Waals surface area (Å²) in [4.78, 5) is 61.0. The molecule has 0 spiro atoms. The van der Waals surface area contributed by atoms with Crippen LogP contribution >= 0.6 is 22.9 Å². The number of carbonyl (C=O) groups is 4. The van der Waals surface area contributed by atoms with Crippen LogP contribution in [0.25, 0.3) is 0 Å². The first-order valence-corrected chi connectivity index (χ1v) is 12.1. The van der Waals surface area contributed by atoms with E-state index in [9.17, 15) is 19.2 Å². The maximum atomic E-state index is 13.2. The van der Waals surface area contributed by atoms with Gasteiger partial charge in [0.1, 0.15) is 12.4 Å². The number of anilines is 2. The lowest BCUT2D eigenvalue weighted by molar-refractivity contribution is -0.131. The van der Waals surface area contributed by atoms with Crippen LogP contribution in [0.4, 0.5) is 11.5 Å². The van der Waals surface area contributed by atoms with Crippen LogP contribution in [-0.2, 0) is 4.79 Å². The van der Waals surface area contributed by atoms with E-state index in [-0.39, 0.29) is 29.3 Å². The zero-order chi connectivity index (χ0) is 24.5. The Morgan fingerprint density at radius 3 is 2.46 bits per heavy atom. The van der Waals surface area contributed by atoms with Crippen LogP contribution in [0.3, 0.4) is 0 Å². The van der Waals surface area contributed by atoms with Crippen LogP contribution in [0.2, 0.25) is 4.34 Å². The van der Waals surface area contributed by atoms with E-state index < -0.39 is 17.7 Å². The lowest BCUT2D eigenvalue weighted by Crippen LogP contribution is -2.52. The Bertz CT molecular complexity index is 1320. The molecule has 11 heteroatoms. The molecule has 0 bridgehead atoms. The molecule has 4 amide bonds. The number of imide groups is 1. The standard InChI is InChI=1S/C24H20ClN5O4S/c25-18-8-7-17(35-18)22(32)27-16-5-3-4-15-21(16)24(34)30(23(15)33)14-20(31)29-12-10-28(11-13-29)19-6-1-2-9-26-19/h1-9H,10-14H2,(H,27,32). The van der Waals surface area contributed by atoms with Crippen LogP contribution in [0.1, 0.15) is 30.4 Å². The van der Waals surface area contributed by atoms with E-state index in [2.05, 4.69) is 15.2 Å². The first-order valence-electron chi connectivity index (χ1n) is 10.9. The molecular weight excluding hydrogens is 490 g/mol. The minimum Gasteiger partial charge on any atom is -0.353 e. The topological polar surface area (TPSA) is 103 Å². The highest BCUT2D eigenvalue weighted by Crippen LogP contribution is 2.31. The fraction of sp³-hybridized carbons (Fsp3) is 0.208. The van der Waals surface area contributed by atoms with Crippen molar-refractivity contribution in [3.63, 3.8) is 0 Å². The number of pyridine rings is 1. The molecule has 178 valence electrons. The van der Waals surface area contributed by atoms with E-state index in [0.29, 0.717) is 35.4 Å². The fourth-order valence-corrected chi connectivity index (χ4v) is 5.10. The molecule has 1 N–H and O–H groups in total. The summed E-state index contributed by atoms with van der Waals surface area (Å²) in [6.45, 7) is 1.78. The molecule has 0 saturated carbocycles. The smallest absolute Gasteiger partial charge is 0.265 e. The summed E-state index contributed by atoms with van der Waals surface area (Å²) in [5.74, 6) is -1.06. The van der Waals surface area contributed by atoms with E-state index in [1.54, 1.807) is 35.4 Å². The molecule has 0 unspecified atom stereocenters. The summed E-state index contributed by atoms with van der Waals surface area (Å²) in [6.07, 6.45) is 1.72. The lowest BCUT2D eigenvalue weighted by Gasteiger charge is -2.35. The van der Waals surface area contributed by atoms with Gasteiger partial charge in [-0.05, 0) is 36.4 Å². The van der Waals surface area contributed by atoms with Crippen LogP contribution in [0.5, 0.6) is 0 Å². The largest absolute Gasteiger partial charge is 0.353 e. The summed E-state index contributed by atoms with van der Waals surface area (Å²) in [5, 5.41) is 2.69. The molecule has 2 aliphatic heterocycles. The average molecular weight is 510 g/mol. The molecule has 0 radical (unpaired) electrons. The van der Waals surface area contributed by atoms with Crippen LogP contribution in [0, 0.1) is 0 Å². The van der Waals surface area contributed by atoms with Crippen molar-refractivity contribution in [1.29, 1.82) is 0 Å². The summed E-state index contributed by atoms with van der Waals surface area (Å²) in [5.41, 5.74) is 0.459. The minimum atomic E-state index is -0.606. The van der Waals surface area contributed by atoms with E-state index in [1.807, 2.05) is 18.2 Å². The third kappa shape index (κ3) is 4.50. The van der Waals surface area contributed by atoms with Gasteiger partial charge in [-0.15, -0.1) is 11.3 Å². The summed E-state index contributed by atoms with van der Waals surface area (Å²) >= 11 is 7.01. The van der Waals surface area contributed by atoms with Crippen molar-refractivity contribution in [2.75, 3.05) is 42.9 Å². The lowest BCUT2D eigenvalue weighted by atomic mass is 10.1. The number of halogens is 1. The Balaban J connectivity index is 1.26. The Morgan fingerprint density at radius 1 is 0.971 bits per heavy atom. The Labute approximate surface area is 209 Å². The number of carbonyl (C=O) groups excluding carboxylic acids is 4. The quantitative estimate of drug-likeness (QED) is 0.530. The SMILES string of the molecule is O=C(Nc1cccc2c1C(=O)N(CC(=O)N1CCN(c3ccccn3)CC1)C2=O)c1ccc(Cl)s1. The summed E-state index contributed by atoms with van der Waals surface area (Å²) in [7, 11) is 0. The molecule has 1 fully saturated rings. The molecule has 0 aliphatic carbocycles. The van der Waals surface area contributed by atoms with Crippen molar-refractivity contribution in [1.82, 2.24) is 14.8 Å². The number of rotatable bonds is 5. The minimum absolute atomic E-state index is 0.0845. The molecule has 4 heterocycles. The average Bonchev–Trinajstić information content (AvgIpc) is 3.42. The van der Waals surface area contributed by atoms with Crippen LogP contribution in [-0.4, -0.2) is 71.1 Å². The zero-order valence-corrected chi connectivity index (χ0v) is 20.0. The third-order valence-corrected chi connectivity index (χ3v) is 7.17. The van der Waals surface area contributed by atoms with Crippen molar-refractivity contribution in [3.8, 4) is 0 Å². The van der Waals surface area contributed by atoms with Crippen molar-refractivity contribution < 1.29 is 19.2 Å². The number of amides is 4. The molecule has 2 aliphatic rings. The zero-order valence-electron chi connectivity index (χ0n) is 18.4. The Hall–Kier alpha value is -3.76.